The second kappa shape index (κ2) is 8.34. The molecule has 1 aromatic carbocycles. The van der Waals surface area contributed by atoms with Gasteiger partial charge in [-0.05, 0) is 26.3 Å². The van der Waals surface area contributed by atoms with Crippen LogP contribution in [0.15, 0.2) is 59.1 Å². The smallest absolute Gasteiger partial charge is 0.336 e. The van der Waals surface area contributed by atoms with Gasteiger partial charge in [-0.15, -0.1) is 0 Å². The lowest BCUT2D eigenvalue weighted by molar-refractivity contribution is -0.137. The number of nitrogens with zero attached hydrogens (tertiary/aromatic N) is 2. The molecule has 0 spiro atoms. The molecule has 2 aromatic rings. The molecular weight excluding hydrogens is 370 g/mol. The van der Waals surface area contributed by atoms with Gasteiger partial charge >= 0.3 is 11.9 Å². The zero-order valence-electron chi connectivity index (χ0n) is 17.3. The van der Waals surface area contributed by atoms with E-state index in [0.29, 0.717) is 29.1 Å². The number of carbonyl (C=O) groups is 2. The fourth-order valence-corrected chi connectivity index (χ4v) is 3.73. The van der Waals surface area contributed by atoms with Crippen molar-refractivity contribution in [3.8, 4) is 0 Å². The lowest BCUT2D eigenvalue weighted by Crippen LogP contribution is -2.32. The monoisotopic (exact) mass is 395 g/mol. The van der Waals surface area contributed by atoms with E-state index in [1.54, 1.807) is 20.0 Å². The number of hydrogen-bond donors (Lipinski definition) is 1. The molecule has 1 aliphatic rings. The van der Waals surface area contributed by atoms with E-state index in [9.17, 15) is 9.59 Å². The van der Waals surface area contributed by atoms with Gasteiger partial charge < -0.3 is 14.8 Å². The van der Waals surface area contributed by atoms with Crippen LogP contribution in [0, 0.1) is 6.92 Å². The van der Waals surface area contributed by atoms with Gasteiger partial charge in [-0.2, -0.15) is 5.10 Å². The van der Waals surface area contributed by atoms with Gasteiger partial charge in [0.1, 0.15) is 0 Å². The molecule has 0 fully saturated rings. The molecule has 0 atom stereocenters. The van der Waals surface area contributed by atoms with Crippen molar-refractivity contribution in [2.45, 2.75) is 33.2 Å². The summed E-state index contributed by atoms with van der Waals surface area (Å²) in [5, 5.41) is 7.63. The average Bonchev–Trinajstić information content (AvgIpc) is 3.07. The maximum atomic E-state index is 12.6. The van der Waals surface area contributed by atoms with Crippen LogP contribution < -0.4 is 5.32 Å². The van der Waals surface area contributed by atoms with E-state index in [0.717, 1.165) is 16.8 Å². The Morgan fingerprint density at radius 3 is 2.07 bits per heavy atom. The quantitative estimate of drug-likeness (QED) is 0.784. The van der Waals surface area contributed by atoms with Crippen molar-refractivity contribution < 1.29 is 19.1 Å². The second-order valence-corrected chi connectivity index (χ2v) is 6.95. The van der Waals surface area contributed by atoms with Crippen molar-refractivity contribution in [1.29, 1.82) is 0 Å². The van der Waals surface area contributed by atoms with Crippen molar-refractivity contribution in [2.24, 2.45) is 0 Å². The second-order valence-electron chi connectivity index (χ2n) is 6.95. The van der Waals surface area contributed by atoms with Crippen molar-refractivity contribution >= 4 is 11.9 Å². The highest BCUT2D eigenvalue weighted by Crippen LogP contribution is 2.40. The zero-order chi connectivity index (χ0) is 21.1. The molecule has 29 heavy (non-hydrogen) atoms. The zero-order valence-corrected chi connectivity index (χ0v) is 17.3. The molecule has 0 amide bonds. The third-order valence-corrected chi connectivity index (χ3v) is 5.20. The molecular formula is C22H25N3O4. The molecule has 1 N–H and O–H groups in total. The predicted molar refractivity (Wildman–Crippen MR) is 108 cm³/mol. The first kappa shape index (κ1) is 20.4. The van der Waals surface area contributed by atoms with E-state index in [1.807, 2.05) is 41.9 Å². The number of dihydropyridines is 1. The molecule has 1 aliphatic heterocycles. The normalized spacial score (nSPS) is 14.7. The summed E-state index contributed by atoms with van der Waals surface area (Å²) in [5.41, 5.74) is 4.77. The fraction of sp³-hybridized carbons (Fsp3) is 0.318. The van der Waals surface area contributed by atoms with Crippen LogP contribution in [0.2, 0.25) is 0 Å². The maximum absolute atomic E-state index is 12.6. The molecule has 0 saturated carbocycles. The Morgan fingerprint density at radius 2 is 1.55 bits per heavy atom. The van der Waals surface area contributed by atoms with Gasteiger partial charge in [-0.25, -0.2) is 9.59 Å². The van der Waals surface area contributed by atoms with Crippen LogP contribution in [0.5, 0.6) is 0 Å². The number of ether oxygens (including phenoxy) is 2. The minimum atomic E-state index is -0.624. The van der Waals surface area contributed by atoms with Crippen LogP contribution in [0.1, 0.15) is 36.6 Å². The molecule has 0 aliphatic carbocycles. The SMILES string of the molecule is COC(=O)C1=C(C)NC(C)=C(C(=O)OC)C1c1cnn(Cc2ccccc2)c1C. The lowest BCUT2D eigenvalue weighted by atomic mass is 9.80. The Morgan fingerprint density at radius 1 is 1.00 bits per heavy atom. The highest BCUT2D eigenvalue weighted by molar-refractivity contribution is 5.99. The largest absolute Gasteiger partial charge is 0.466 e. The van der Waals surface area contributed by atoms with Gasteiger partial charge in [-0.3, -0.25) is 4.68 Å². The Hall–Kier alpha value is -3.35. The number of nitrogens with one attached hydrogen (secondary N) is 1. The van der Waals surface area contributed by atoms with Gasteiger partial charge in [0.25, 0.3) is 0 Å². The average molecular weight is 395 g/mol. The molecule has 0 saturated heterocycles. The summed E-state index contributed by atoms with van der Waals surface area (Å²) in [6, 6.07) is 9.97. The fourth-order valence-electron chi connectivity index (χ4n) is 3.73. The van der Waals surface area contributed by atoms with Gasteiger partial charge in [0, 0.05) is 22.7 Å². The molecule has 2 heterocycles. The lowest BCUT2D eigenvalue weighted by Gasteiger charge is -2.29. The summed E-state index contributed by atoms with van der Waals surface area (Å²) in [6.07, 6.45) is 1.71. The topological polar surface area (TPSA) is 82.4 Å². The van der Waals surface area contributed by atoms with E-state index in [-0.39, 0.29) is 0 Å². The molecule has 7 nitrogen and oxygen atoms in total. The van der Waals surface area contributed by atoms with Gasteiger partial charge in [-0.1, -0.05) is 30.3 Å². The summed E-state index contributed by atoms with van der Waals surface area (Å²) in [7, 11) is 2.66. The minimum Gasteiger partial charge on any atom is -0.466 e. The molecule has 152 valence electrons. The highest BCUT2D eigenvalue weighted by atomic mass is 16.5. The third kappa shape index (κ3) is 3.81. The maximum Gasteiger partial charge on any atom is 0.336 e. The van der Waals surface area contributed by atoms with Gasteiger partial charge in [0.05, 0.1) is 44.0 Å². The van der Waals surface area contributed by atoms with E-state index in [1.165, 1.54) is 14.2 Å². The highest BCUT2D eigenvalue weighted by Gasteiger charge is 2.39. The summed E-state index contributed by atoms with van der Waals surface area (Å²) in [5.74, 6) is -1.62. The number of hydrogen-bond acceptors (Lipinski definition) is 6. The van der Waals surface area contributed by atoms with Crippen LogP contribution in [-0.4, -0.2) is 35.9 Å². The van der Waals surface area contributed by atoms with Crippen LogP contribution in [0.25, 0.3) is 0 Å². The number of rotatable bonds is 5. The number of aromatic nitrogens is 2. The molecule has 1 aromatic heterocycles. The summed E-state index contributed by atoms with van der Waals surface area (Å²) in [6.45, 7) is 6.10. The Bertz CT molecular complexity index is 964. The standard InChI is InChI=1S/C22H25N3O4/c1-13-18(21(26)28-4)20(19(14(2)24-13)22(27)29-5)17-11-23-25(15(17)3)12-16-9-7-6-8-10-16/h6-11,20,24H,12H2,1-5H3. The third-order valence-electron chi connectivity index (χ3n) is 5.20. The predicted octanol–water partition coefficient (Wildman–Crippen LogP) is 2.82. The van der Waals surface area contributed by atoms with Crippen LogP contribution in [0.4, 0.5) is 0 Å². The number of allylic oxidation sites excluding steroid dienone is 2. The van der Waals surface area contributed by atoms with Gasteiger partial charge in [0.15, 0.2) is 0 Å². The Balaban J connectivity index is 2.12. The van der Waals surface area contributed by atoms with E-state index >= 15 is 0 Å². The van der Waals surface area contributed by atoms with Gasteiger partial charge in [0.2, 0.25) is 0 Å². The first-order valence-corrected chi connectivity index (χ1v) is 9.30. The number of benzene rings is 1. The van der Waals surface area contributed by atoms with Crippen molar-refractivity contribution in [1.82, 2.24) is 15.1 Å². The van der Waals surface area contributed by atoms with Crippen molar-refractivity contribution in [3.63, 3.8) is 0 Å². The number of esters is 2. The Labute approximate surface area is 170 Å². The van der Waals surface area contributed by atoms with Crippen molar-refractivity contribution in [3.05, 3.63) is 75.9 Å². The van der Waals surface area contributed by atoms with E-state index in [2.05, 4.69) is 10.4 Å². The molecule has 0 unspecified atom stereocenters. The molecule has 3 rings (SSSR count). The van der Waals surface area contributed by atoms with Crippen molar-refractivity contribution in [2.75, 3.05) is 14.2 Å². The van der Waals surface area contributed by atoms with E-state index in [4.69, 9.17) is 9.47 Å². The summed E-state index contributed by atoms with van der Waals surface area (Å²) < 4.78 is 11.9. The molecule has 0 radical (unpaired) electrons. The molecule has 7 heteroatoms. The van der Waals surface area contributed by atoms with Crippen LogP contribution >= 0.6 is 0 Å². The van der Waals surface area contributed by atoms with Crippen LogP contribution in [0.3, 0.4) is 0 Å². The van der Waals surface area contributed by atoms with Crippen LogP contribution in [-0.2, 0) is 25.6 Å². The first-order valence-electron chi connectivity index (χ1n) is 9.30. The molecule has 0 bridgehead atoms. The van der Waals surface area contributed by atoms with E-state index < -0.39 is 17.9 Å². The minimum absolute atomic E-state index is 0.376. The number of carbonyl (C=O) groups excluding carboxylic acids is 2. The summed E-state index contributed by atoms with van der Waals surface area (Å²) in [4.78, 5) is 25.2. The summed E-state index contributed by atoms with van der Waals surface area (Å²) >= 11 is 0. The number of methoxy groups -OCH3 is 2. The first-order chi connectivity index (χ1) is 13.9. The Kier molecular flexibility index (Phi) is 5.87.